The molecule has 27 heavy (non-hydrogen) atoms. The summed E-state index contributed by atoms with van der Waals surface area (Å²) in [5.74, 6) is 0.382. The van der Waals surface area contributed by atoms with Gasteiger partial charge in [0.1, 0.15) is 0 Å². The van der Waals surface area contributed by atoms with Crippen molar-refractivity contribution in [1.29, 1.82) is 5.26 Å². The monoisotopic (exact) mass is 360 g/mol. The molecule has 0 unspecified atom stereocenters. The van der Waals surface area contributed by atoms with Crippen LogP contribution in [0, 0.1) is 17.2 Å². The van der Waals surface area contributed by atoms with Crippen LogP contribution in [0.2, 0.25) is 0 Å². The first-order valence-corrected chi connectivity index (χ1v) is 9.08. The van der Waals surface area contributed by atoms with Gasteiger partial charge in [-0.2, -0.15) is 5.26 Å². The number of carbonyl (C=O) groups excluding carboxylic acids is 2. The first-order valence-electron chi connectivity index (χ1n) is 9.08. The summed E-state index contributed by atoms with van der Waals surface area (Å²) < 4.78 is 0. The highest BCUT2D eigenvalue weighted by atomic mass is 16.2. The van der Waals surface area contributed by atoms with Gasteiger partial charge in [0.25, 0.3) is 5.91 Å². The number of hydrogen-bond donors (Lipinski definition) is 1. The summed E-state index contributed by atoms with van der Waals surface area (Å²) in [5.41, 5.74) is 1.85. The van der Waals surface area contributed by atoms with Crippen molar-refractivity contribution >= 4 is 17.6 Å². The zero-order chi connectivity index (χ0) is 18.8. The Morgan fingerprint density at radius 3 is 2.63 bits per heavy atom. The lowest BCUT2D eigenvalue weighted by molar-refractivity contribution is -0.00564. The van der Waals surface area contributed by atoms with Crippen molar-refractivity contribution in [3.05, 3.63) is 65.7 Å². The Kier molecular flexibility index (Phi) is 4.51. The molecule has 2 heterocycles. The van der Waals surface area contributed by atoms with Gasteiger partial charge < -0.3 is 15.1 Å². The Bertz CT molecular complexity index is 906. The molecule has 0 saturated carbocycles. The fraction of sp³-hybridized carbons (Fsp3) is 0.286. The molecule has 4 rings (SSSR count). The fourth-order valence-electron chi connectivity index (χ4n) is 3.90. The van der Waals surface area contributed by atoms with Crippen LogP contribution in [-0.4, -0.2) is 47.4 Å². The number of nitriles is 1. The Balaban J connectivity index is 1.35. The van der Waals surface area contributed by atoms with Gasteiger partial charge in [-0.25, -0.2) is 4.79 Å². The molecule has 2 aliphatic rings. The van der Waals surface area contributed by atoms with E-state index in [0.717, 1.165) is 6.42 Å². The molecule has 0 spiro atoms. The number of hydrogen-bond acceptors (Lipinski definition) is 3. The highest BCUT2D eigenvalue weighted by Crippen LogP contribution is 2.33. The molecular formula is C21H20N4O2. The maximum Gasteiger partial charge on any atom is 0.322 e. The lowest BCUT2D eigenvalue weighted by Crippen LogP contribution is -2.66. The molecule has 2 atom stereocenters. The number of rotatable bonds is 2. The van der Waals surface area contributed by atoms with Crippen molar-refractivity contribution in [2.24, 2.45) is 5.92 Å². The van der Waals surface area contributed by atoms with Crippen LogP contribution in [0.5, 0.6) is 0 Å². The minimum absolute atomic E-state index is 0.0604. The third-order valence-electron chi connectivity index (χ3n) is 5.34. The molecule has 0 aromatic heterocycles. The molecular weight excluding hydrogens is 340 g/mol. The molecule has 0 radical (unpaired) electrons. The average molecular weight is 360 g/mol. The summed E-state index contributed by atoms with van der Waals surface area (Å²) in [7, 11) is 0. The summed E-state index contributed by atoms with van der Waals surface area (Å²) in [6, 6.07) is 18.3. The second kappa shape index (κ2) is 7.12. The van der Waals surface area contributed by atoms with Gasteiger partial charge in [-0.05, 0) is 36.8 Å². The van der Waals surface area contributed by atoms with Crippen LogP contribution in [0.4, 0.5) is 10.5 Å². The Labute approximate surface area is 158 Å². The Morgan fingerprint density at radius 2 is 1.89 bits per heavy atom. The first kappa shape index (κ1) is 17.1. The zero-order valence-corrected chi connectivity index (χ0v) is 14.8. The number of fused-ring (bicyclic) bond motifs is 1. The number of benzene rings is 2. The molecule has 136 valence electrons. The van der Waals surface area contributed by atoms with E-state index in [9.17, 15) is 9.59 Å². The van der Waals surface area contributed by atoms with Gasteiger partial charge in [0.05, 0.1) is 11.6 Å². The summed E-state index contributed by atoms with van der Waals surface area (Å²) in [6.45, 7) is 1.99. The maximum absolute atomic E-state index is 12.6. The van der Waals surface area contributed by atoms with Crippen molar-refractivity contribution in [2.75, 3.05) is 25.0 Å². The summed E-state index contributed by atoms with van der Waals surface area (Å²) >= 11 is 0. The van der Waals surface area contributed by atoms with Crippen LogP contribution in [0.15, 0.2) is 54.6 Å². The normalized spacial score (nSPS) is 20.9. The predicted molar refractivity (Wildman–Crippen MR) is 101 cm³/mol. The Morgan fingerprint density at radius 1 is 1.07 bits per heavy atom. The van der Waals surface area contributed by atoms with Crippen molar-refractivity contribution in [2.45, 2.75) is 12.5 Å². The van der Waals surface area contributed by atoms with Gasteiger partial charge >= 0.3 is 6.03 Å². The van der Waals surface area contributed by atoms with Crippen LogP contribution in [0.1, 0.15) is 22.3 Å². The predicted octanol–water partition coefficient (Wildman–Crippen LogP) is 2.94. The smallest absolute Gasteiger partial charge is 0.322 e. The number of nitrogens with one attached hydrogen (secondary N) is 1. The van der Waals surface area contributed by atoms with Crippen LogP contribution in [-0.2, 0) is 0 Å². The third kappa shape index (κ3) is 3.36. The molecule has 1 N–H and O–H groups in total. The number of piperidine rings is 1. The molecule has 0 aliphatic carbocycles. The largest absolute Gasteiger partial charge is 0.338 e. The van der Waals surface area contributed by atoms with Crippen LogP contribution in [0.25, 0.3) is 0 Å². The van der Waals surface area contributed by atoms with Gasteiger partial charge in [-0.15, -0.1) is 0 Å². The molecule has 2 fully saturated rings. The molecule has 2 aliphatic heterocycles. The maximum atomic E-state index is 12.6. The SMILES string of the molecule is N#Cc1cccc(NC(=O)N2C[C@H]3CN(C(=O)c4ccccc4)CC[C@H]32)c1. The van der Waals surface area contributed by atoms with Gasteiger partial charge in [-0.1, -0.05) is 24.3 Å². The fourth-order valence-corrected chi connectivity index (χ4v) is 3.90. The molecule has 6 heteroatoms. The van der Waals surface area contributed by atoms with Crippen molar-refractivity contribution in [1.82, 2.24) is 9.80 Å². The van der Waals surface area contributed by atoms with E-state index >= 15 is 0 Å². The van der Waals surface area contributed by atoms with Gasteiger partial charge in [0.15, 0.2) is 0 Å². The van der Waals surface area contributed by atoms with Gasteiger partial charge in [0, 0.05) is 42.8 Å². The van der Waals surface area contributed by atoms with E-state index in [1.165, 1.54) is 0 Å². The number of nitrogens with zero attached hydrogens (tertiary/aromatic N) is 3. The highest BCUT2D eigenvalue weighted by molar-refractivity contribution is 5.94. The number of likely N-dealkylation sites (tertiary alicyclic amines) is 2. The second-order valence-electron chi connectivity index (χ2n) is 7.01. The number of urea groups is 1. The Hall–Kier alpha value is -3.33. The summed E-state index contributed by atoms with van der Waals surface area (Å²) in [4.78, 5) is 28.9. The second-order valence-corrected chi connectivity index (χ2v) is 7.01. The number of carbonyl (C=O) groups is 2. The third-order valence-corrected chi connectivity index (χ3v) is 5.34. The summed E-state index contributed by atoms with van der Waals surface area (Å²) in [6.07, 6.45) is 0.787. The quantitative estimate of drug-likeness (QED) is 0.895. The molecule has 2 aromatic carbocycles. The van der Waals surface area contributed by atoms with Crippen LogP contribution >= 0.6 is 0 Å². The van der Waals surface area contributed by atoms with E-state index < -0.39 is 0 Å². The lowest BCUT2D eigenvalue weighted by Gasteiger charge is -2.53. The van der Waals surface area contributed by atoms with Gasteiger partial charge in [-0.3, -0.25) is 4.79 Å². The zero-order valence-electron chi connectivity index (χ0n) is 14.8. The van der Waals surface area contributed by atoms with E-state index in [4.69, 9.17) is 5.26 Å². The van der Waals surface area contributed by atoms with E-state index in [1.807, 2.05) is 40.1 Å². The molecule has 2 aromatic rings. The molecule has 3 amide bonds. The molecule has 6 nitrogen and oxygen atoms in total. The average Bonchev–Trinajstić information content (AvgIpc) is 2.69. The van der Waals surface area contributed by atoms with E-state index in [0.29, 0.717) is 42.4 Å². The van der Waals surface area contributed by atoms with E-state index in [1.54, 1.807) is 24.3 Å². The van der Waals surface area contributed by atoms with Crippen molar-refractivity contribution in [3.63, 3.8) is 0 Å². The van der Waals surface area contributed by atoms with Crippen LogP contribution < -0.4 is 5.32 Å². The molecule has 0 bridgehead atoms. The topological polar surface area (TPSA) is 76.4 Å². The van der Waals surface area contributed by atoms with Crippen LogP contribution in [0.3, 0.4) is 0 Å². The standard InChI is InChI=1S/C21H20N4O2/c22-12-15-5-4-8-18(11-15)23-21(27)25-14-17-13-24(10-9-19(17)25)20(26)16-6-2-1-3-7-16/h1-8,11,17,19H,9-10,13-14H2,(H,23,27)/t17-,19-/m1/s1. The lowest BCUT2D eigenvalue weighted by atomic mass is 9.82. The van der Waals surface area contributed by atoms with E-state index in [-0.39, 0.29) is 18.0 Å². The van der Waals surface area contributed by atoms with Gasteiger partial charge in [0.2, 0.25) is 0 Å². The van der Waals surface area contributed by atoms with E-state index in [2.05, 4.69) is 11.4 Å². The van der Waals surface area contributed by atoms with Crippen molar-refractivity contribution in [3.8, 4) is 6.07 Å². The first-order chi connectivity index (χ1) is 13.2. The highest BCUT2D eigenvalue weighted by Gasteiger charge is 2.45. The number of anilines is 1. The molecule has 2 saturated heterocycles. The van der Waals surface area contributed by atoms with Crippen molar-refractivity contribution < 1.29 is 9.59 Å². The summed E-state index contributed by atoms with van der Waals surface area (Å²) in [5, 5.41) is 11.8. The minimum atomic E-state index is -0.144. The minimum Gasteiger partial charge on any atom is -0.338 e. The number of amides is 3.